The Morgan fingerprint density at radius 3 is 2.31 bits per heavy atom. The van der Waals surface area contributed by atoms with Crippen LogP contribution in [0.15, 0.2) is 24.3 Å². The maximum atomic E-state index is 14.1. The summed E-state index contributed by atoms with van der Waals surface area (Å²) < 4.78 is 10.3. The summed E-state index contributed by atoms with van der Waals surface area (Å²) in [6.07, 6.45) is 3.08. The molecular weight excluding hydrogens is 544 g/mol. The Morgan fingerprint density at radius 2 is 1.71 bits per heavy atom. The van der Waals surface area contributed by atoms with Crippen LogP contribution in [0.25, 0.3) is 0 Å². The lowest BCUT2D eigenvalue weighted by molar-refractivity contribution is -0.144. The Hall–Kier alpha value is -3.83. The van der Waals surface area contributed by atoms with Gasteiger partial charge in [0, 0.05) is 19.5 Å². The first kappa shape index (κ1) is 36.2. The predicted octanol–water partition coefficient (Wildman–Crippen LogP) is 3.46. The van der Waals surface area contributed by atoms with E-state index in [0.29, 0.717) is 12.0 Å². The van der Waals surface area contributed by atoms with Crippen LogP contribution in [0.4, 0.5) is 4.79 Å². The Balaban J connectivity index is 3.46. The van der Waals surface area contributed by atoms with Crippen molar-refractivity contribution in [2.45, 2.75) is 104 Å². The average molecular weight is 593 g/mol. The second-order valence-electron chi connectivity index (χ2n) is 11.0. The summed E-state index contributed by atoms with van der Waals surface area (Å²) in [5, 5.41) is 15.4. The number of benzene rings is 1. The van der Waals surface area contributed by atoms with Gasteiger partial charge in [0.1, 0.15) is 23.4 Å². The second kappa shape index (κ2) is 18.6. The normalized spacial score (nSPS) is 12.5. The Bertz CT molecular complexity index is 1040. The number of ether oxygens (including phenoxy) is 2. The highest BCUT2D eigenvalue weighted by molar-refractivity contribution is 5.92. The van der Waals surface area contributed by atoms with Gasteiger partial charge in [-0.05, 0) is 58.2 Å². The van der Waals surface area contributed by atoms with Crippen LogP contribution in [0.5, 0.6) is 5.75 Å². The van der Waals surface area contributed by atoms with Crippen LogP contribution in [-0.2, 0) is 28.7 Å². The third-order valence-corrected chi connectivity index (χ3v) is 6.13. The van der Waals surface area contributed by atoms with Crippen molar-refractivity contribution in [3.05, 3.63) is 29.8 Å². The van der Waals surface area contributed by atoms with Crippen molar-refractivity contribution in [1.82, 2.24) is 15.5 Å². The van der Waals surface area contributed by atoms with Crippen LogP contribution in [0.3, 0.4) is 0 Å². The van der Waals surface area contributed by atoms with Crippen molar-refractivity contribution in [2.75, 3.05) is 19.7 Å². The van der Waals surface area contributed by atoms with Gasteiger partial charge >= 0.3 is 12.1 Å². The van der Waals surface area contributed by atoms with Crippen molar-refractivity contribution < 1.29 is 38.6 Å². The summed E-state index contributed by atoms with van der Waals surface area (Å²) in [5.74, 6) is -2.46. The molecule has 1 aromatic carbocycles. The lowest BCUT2D eigenvalue weighted by Crippen LogP contribution is -2.53. The van der Waals surface area contributed by atoms with Gasteiger partial charge in [0.05, 0.1) is 13.0 Å². The molecule has 0 aliphatic carbocycles. The van der Waals surface area contributed by atoms with Gasteiger partial charge in [-0.1, -0.05) is 44.7 Å². The van der Waals surface area contributed by atoms with Gasteiger partial charge in [-0.2, -0.15) is 0 Å². The molecule has 0 aliphatic rings. The minimum absolute atomic E-state index is 0.0349. The fraction of sp³-hybridized carbons (Fsp3) is 0.633. The van der Waals surface area contributed by atoms with Crippen LogP contribution >= 0.6 is 0 Å². The molecule has 0 saturated heterocycles. The van der Waals surface area contributed by atoms with E-state index in [0.717, 1.165) is 25.7 Å². The van der Waals surface area contributed by atoms with Crippen molar-refractivity contribution in [3.63, 3.8) is 0 Å². The quantitative estimate of drug-likeness (QED) is 0.148. The van der Waals surface area contributed by atoms with Crippen LogP contribution < -0.4 is 16.4 Å². The number of aromatic hydroxyl groups is 1. The SMILES string of the molecule is CCCCCCCN(C(=O)C(CCC(N)=O)NC(=O)OC(C)(C)C)C(C(=O)NCCC(=O)OCC)c1cccc(O)c1. The number of nitrogens with two attached hydrogens (primary N) is 1. The highest BCUT2D eigenvalue weighted by atomic mass is 16.6. The molecule has 0 heterocycles. The molecule has 0 bridgehead atoms. The molecule has 1 aromatic rings. The first-order valence-electron chi connectivity index (χ1n) is 14.6. The van der Waals surface area contributed by atoms with Crippen molar-refractivity contribution in [3.8, 4) is 5.75 Å². The van der Waals surface area contributed by atoms with E-state index in [-0.39, 0.29) is 44.7 Å². The molecule has 2 unspecified atom stereocenters. The number of nitrogens with zero attached hydrogens (tertiary/aromatic N) is 1. The number of alkyl carbamates (subject to hydrolysis) is 1. The van der Waals surface area contributed by atoms with E-state index >= 15 is 0 Å². The second-order valence-corrected chi connectivity index (χ2v) is 11.0. The van der Waals surface area contributed by atoms with Crippen molar-refractivity contribution in [1.29, 1.82) is 0 Å². The molecule has 1 rings (SSSR count). The van der Waals surface area contributed by atoms with Crippen molar-refractivity contribution >= 4 is 29.8 Å². The molecule has 4 amide bonds. The van der Waals surface area contributed by atoms with Gasteiger partial charge in [-0.25, -0.2) is 4.79 Å². The molecule has 0 saturated carbocycles. The summed E-state index contributed by atoms with van der Waals surface area (Å²) in [6.45, 7) is 9.11. The average Bonchev–Trinajstić information content (AvgIpc) is 2.88. The van der Waals surface area contributed by atoms with E-state index in [4.69, 9.17) is 15.2 Å². The van der Waals surface area contributed by atoms with E-state index in [1.54, 1.807) is 39.8 Å². The molecule has 0 aromatic heterocycles. The van der Waals surface area contributed by atoms with Crippen LogP contribution in [-0.4, -0.2) is 71.1 Å². The highest BCUT2D eigenvalue weighted by Gasteiger charge is 2.36. The molecule has 0 fully saturated rings. The molecular formula is C30H48N4O8. The number of hydrogen-bond acceptors (Lipinski definition) is 8. The summed E-state index contributed by atoms with van der Waals surface area (Å²) in [5.41, 5.74) is 4.84. The molecule has 236 valence electrons. The summed E-state index contributed by atoms with van der Waals surface area (Å²) in [4.78, 5) is 65.3. The van der Waals surface area contributed by atoms with Gasteiger partial charge in [0.15, 0.2) is 0 Å². The number of unbranched alkanes of at least 4 members (excludes halogenated alkanes) is 4. The van der Waals surface area contributed by atoms with Crippen LogP contribution in [0.2, 0.25) is 0 Å². The van der Waals surface area contributed by atoms with Crippen molar-refractivity contribution in [2.24, 2.45) is 5.73 Å². The number of phenols is 1. The number of carbonyl (C=O) groups excluding carboxylic acids is 5. The Morgan fingerprint density at radius 1 is 1.02 bits per heavy atom. The predicted molar refractivity (Wildman–Crippen MR) is 157 cm³/mol. The number of amides is 4. The number of carbonyl (C=O) groups is 5. The van der Waals surface area contributed by atoms with Gasteiger partial charge in [0.2, 0.25) is 17.7 Å². The summed E-state index contributed by atoms with van der Waals surface area (Å²) in [6, 6.07) is 3.54. The Labute approximate surface area is 248 Å². The lowest BCUT2D eigenvalue weighted by Gasteiger charge is -2.34. The number of hydrogen-bond donors (Lipinski definition) is 4. The highest BCUT2D eigenvalue weighted by Crippen LogP contribution is 2.27. The monoisotopic (exact) mass is 592 g/mol. The smallest absolute Gasteiger partial charge is 0.408 e. The molecule has 12 nitrogen and oxygen atoms in total. The van der Waals surface area contributed by atoms with Gasteiger partial charge < -0.3 is 35.8 Å². The van der Waals surface area contributed by atoms with Crippen LogP contribution in [0, 0.1) is 0 Å². The number of rotatable bonds is 18. The third kappa shape index (κ3) is 14.2. The van der Waals surface area contributed by atoms with Gasteiger partial charge in [-0.15, -0.1) is 0 Å². The van der Waals surface area contributed by atoms with Gasteiger partial charge in [-0.3, -0.25) is 19.2 Å². The van der Waals surface area contributed by atoms with E-state index in [2.05, 4.69) is 17.6 Å². The topological polar surface area (TPSA) is 177 Å². The first-order chi connectivity index (χ1) is 19.8. The largest absolute Gasteiger partial charge is 0.508 e. The molecule has 0 aliphatic heterocycles. The van der Waals surface area contributed by atoms with E-state index in [1.165, 1.54) is 17.0 Å². The minimum atomic E-state index is -1.23. The van der Waals surface area contributed by atoms with E-state index in [1.807, 2.05) is 0 Å². The maximum Gasteiger partial charge on any atom is 0.408 e. The first-order valence-corrected chi connectivity index (χ1v) is 14.6. The standard InChI is InChI=1S/C30H48N4O8/c1-6-8-9-10-11-19-34(28(39)23(15-16-24(31)36)33-29(40)42-30(3,4)5)26(21-13-12-14-22(35)20-21)27(38)32-18-17-25(37)41-7-2/h12-14,20,23,26,35H,6-11,15-19H2,1-5H3,(H2,31,36)(H,32,38)(H,33,40). The molecule has 5 N–H and O–H groups in total. The zero-order valence-electron chi connectivity index (χ0n) is 25.6. The zero-order chi connectivity index (χ0) is 31.7. The molecule has 12 heteroatoms. The fourth-order valence-corrected chi connectivity index (χ4v) is 4.23. The molecule has 0 radical (unpaired) electrons. The fourth-order valence-electron chi connectivity index (χ4n) is 4.23. The molecule has 42 heavy (non-hydrogen) atoms. The lowest BCUT2D eigenvalue weighted by atomic mass is 10.0. The third-order valence-electron chi connectivity index (χ3n) is 6.13. The summed E-state index contributed by atoms with van der Waals surface area (Å²) in [7, 11) is 0. The van der Waals surface area contributed by atoms with E-state index in [9.17, 15) is 29.1 Å². The number of primary amides is 1. The number of esters is 1. The van der Waals surface area contributed by atoms with Gasteiger partial charge in [0.25, 0.3) is 0 Å². The molecule has 0 spiro atoms. The number of phenolic OH excluding ortho intramolecular Hbond substituents is 1. The zero-order valence-corrected chi connectivity index (χ0v) is 25.6. The maximum absolute atomic E-state index is 14.1. The number of nitrogens with one attached hydrogen (secondary N) is 2. The Kier molecular flexibility index (Phi) is 16.0. The van der Waals surface area contributed by atoms with Crippen LogP contribution in [0.1, 0.15) is 97.6 Å². The molecule has 2 atom stereocenters. The minimum Gasteiger partial charge on any atom is -0.508 e. The summed E-state index contributed by atoms with van der Waals surface area (Å²) >= 11 is 0. The van der Waals surface area contributed by atoms with E-state index < -0.39 is 47.5 Å².